The van der Waals surface area contributed by atoms with Crippen molar-refractivity contribution >= 4 is 58.3 Å². The van der Waals surface area contributed by atoms with Gasteiger partial charge in [-0.2, -0.15) is 26.3 Å². The lowest BCUT2D eigenvalue weighted by Crippen LogP contribution is -2.50. The number of anilines is 5. The lowest BCUT2D eigenvalue weighted by molar-refractivity contribution is -0.161. The van der Waals surface area contributed by atoms with E-state index in [-0.39, 0.29) is 76.2 Å². The topological polar surface area (TPSA) is 200 Å². The third kappa shape index (κ3) is 11.1. The standard InChI is InChI=1S/C39H47F6N5O10/c1-35(2,3)60-32(56)22-37(59)8-14-47(15-9-37)27-5-4-23(18-25(27)38(40,41)42)49(13-7-30(52)53)28-20-24(50-12-6-29(51)46-34(50)57)19-26(39(43,44)45)33(28)48-16-10-36(58,11-17-48)21-31(54)55/h4-5,18-20,58-59H,6-17,21-22H2,1-3H3,(H,52,53)(H,54,55)(H,46,51,57). The van der Waals surface area contributed by atoms with Crippen LogP contribution in [0.3, 0.4) is 0 Å². The molecule has 0 saturated carbocycles. The number of carbonyl (C=O) groups excluding carboxylic acids is 3. The maximum Gasteiger partial charge on any atom is 0.418 e. The first kappa shape index (κ1) is 45.8. The van der Waals surface area contributed by atoms with Crippen LogP contribution in [-0.2, 0) is 36.3 Å². The number of aliphatic carboxylic acids is 2. The van der Waals surface area contributed by atoms with E-state index in [1.165, 1.54) is 15.9 Å². The number of amides is 3. The molecule has 3 saturated heterocycles. The summed E-state index contributed by atoms with van der Waals surface area (Å²) in [7, 11) is 0. The molecule has 21 heteroatoms. The van der Waals surface area contributed by atoms with Gasteiger partial charge in [0.05, 0.1) is 53.0 Å². The molecule has 0 unspecified atom stereocenters. The van der Waals surface area contributed by atoms with E-state index in [4.69, 9.17) is 4.74 Å². The fraction of sp³-hybridized carbons (Fsp3) is 0.564. The number of rotatable bonds is 12. The quantitative estimate of drug-likeness (QED) is 0.130. The van der Waals surface area contributed by atoms with Gasteiger partial charge in [0.1, 0.15) is 5.60 Å². The lowest BCUT2D eigenvalue weighted by Gasteiger charge is -2.42. The number of carboxylic acid groups (broad SMARTS) is 2. The summed E-state index contributed by atoms with van der Waals surface area (Å²) in [5.74, 6) is -4.18. The summed E-state index contributed by atoms with van der Waals surface area (Å²) in [6, 6.07) is 3.55. The molecule has 330 valence electrons. The van der Waals surface area contributed by atoms with E-state index in [2.05, 4.69) is 0 Å². The van der Waals surface area contributed by atoms with Gasteiger partial charge >= 0.3 is 36.3 Å². The first-order chi connectivity index (χ1) is 27.7. The Morgan fingerprint density at radius 3 is 1.87 bits per heavy atom. The second-order valence-electron chi connectivity index (χ2n) is 16.4. The van der Waals surface area contributed by atoms with Gasteiger partial charge in [-0.15, -0.1) is 0 Å². The van der Waals surface area contributed by atoms with Crippen LogP contribution in [0.25, 0.3) is 0 Å². The minimum atomic E-state index is -5.20. The highest BCUT2D eigenvalue weighted by atomic mass is 19.4. The highest BCUT2D eigenvalue weighted by molar-refractivity contribution is 6.06. The number of hydrogen-bond acceptors (Lipinski definition) is 11. The smallest absolute Gasteiger partial charge is 0.418 e. The number of hydrogen-bond donors (Lipinski definition) is 5. The van der Waals surface area contributed by atoms with Crippen molar-refractivity contribution in [2.45, 2.75) is 101 Å². The molecule has 5 rings (SSSR count). The molecule has 5 N–H and O–H groups in total. The van der Waals surface area contributed by atoms with Gasteiger partial charge in [-0.05, 0) is 76.8 Å². The molecular weight excluding hydrogens is 812 g/mol. The van der Waals surface area contributed by atoms with Gasteiger partial charge in [-0.25, -0.2) is 4.79 Å². The largest absolute Gasteiger partial charge is 0.481 e. The zero-order chi connectivity index (χ0) is 44.6. The van der Waals surface area contributed by atoms with Crippen molar-refractivity contribution in [1.29, 1.82) is 0 Å². The van der Waals surface area contributed by atoms with Crippen molar-refractivity contribution in [1.82, 2.24) is 5.32 Å². The van der Waals surface area contributed by atoms with Gasteiger partial charge in [-0.1, -0.05) is 0 Å². The maximum absolute atomic E-state index is 15.2. The number of urea groups is 1. The van der Waals surface area contributed by atoms with Crippen molar-refractivity contribution in [3.8, 4) is 0 Å². The van der Waals surface area contributed by atoms with Gasteiger partial charge in [-0.3, -0.25) is 29.4 Å². The Labute approximate surface area is 340 Å². The molecular formula is C39H47F6N5O10. The molecule has 3 amide bonds. The monoisotopic (exact) mass is 859 g/mol. The van der Waals surface area contributed by atoms with E-state index < -0.39 is 113 Å². The summed E-state index contributed by atoms with van der Waals surface area (Å²) in [6.07, 6.45) is -13.3. The molecule has 0 bridgehead atoms. The SMILES string of the molecule is CC(C)(C)OC(=O)CC1(O)CCN(c2ccc(N(CCC(=O)O)c3cc(N4CCC(=O)NC4=O)cc(C(F)(F)F)c3N3CCC(O)(CC(=O)O)CC3)cc2C(F)(F)F)CC1. The van der Waals surface area contributed by atoms with E-state index in [0.29, 0.717) is 12.1 Å². The predicted molar refractivity (Wildman–Crippen MR) is 203 cm³/mol. The molecule has 0 aliphatic carbocycles. The van der Waals surface area contributed by atoms with Crippen molar-refractivity contribution in [3.05, 3.63) is 41.5 Å². The van der Waals surface area contributed by atoms with Crippen molar-refractivity contribution in [3.63, 3.8) is 0 Å². The highest BCUT2D eigenvalue weighted by Crippen LogP contribution is 2.50. The third-order valence-corrected chi connectivity index (χ3v) is 10.6. The second kappa shape index (κ2) is 17.0. The Kier molecular flexibility index (Phi) is 13.0. The number of carbonyl (C=O) groups is 5. The zero-order valence-corrected chi connectivity index (χ0v) is 33.1. The fourth-order valence-electron chi connectivity index (χ4n) is 7.71. The molecule has 15 nitrogen and oxygen atoms in total. The number of benzene rings is 2. The number of piperidine rings is 2. The minimum absolute atomic E-state index is 0.112. The van der Waals surface area contributed by atoms with Crippen LogP contribution in [0.1, 0.15) is 83.3 Å². The molecule has 2 aromatic rings. The molecule has 0 aromatic heterocycles. The van der Waals surface area contributed by atoms with Gasteiger partial charge < -0.3 is 39.9 Å². The van der Waals surface area contributed by atoms with Crippen LogP contribution in [0.2, 0.25) is 0 Å². The van der Waals surface area contributed by atoms with Crippen LogP contribution in [0, 0.1) is 0 Å². The van der Waals surface area contributed by atoms with Crippen LogP contribution >= 0.6 is 0 Å². The number of nitrogens with one attached hydrogen (secondary N) is 1. The number of ether oxygens (including phenoxy) is 1. The Morgan fingerprint density at radius 1 is 0.783 bits per heavy atom. The summed E-state index contributed by atoms with van der Waals surface area (Å²) >= 11 is 0. The maximum atomic E-state index is 15.2. The first-order valence-corrected chi connectivity index (χ1v) is 19.1. The Morgan fingerprint density at radius 2 is 1.35 bits per heavy atom. The van der Waals surface area contributed by atoms with E-state index in [9.17, 15) is 44.4 Å². The highest BCUT2D eigenvalue weighted by Gasteiger charge is 2.44. The Hall–Kier alpha value is -5.31. The number of carboxylic acids is 2. The molecule has 3 heterocycles. The number of alkyl halides is 6. The normalized spacial score (nSPS) is 18.6. The van der Waals surface area contributed by atoms with Gasteiger partial charge in [0, 0.05) is 62.8 Å². The number of halogens is 6. The van der Waals surface area contributed by atoms with E-state index in [1.807, 2.05) is 5.32 Å². The van der Waals surface area contributed by atoms with Crippen LogP contribution in [0.5, 0.6) is 0 Å². The molecule has 3 aliphatic heterocycles. The van der Waals surface area contributed by atoms with Crippen molar-refractivity contribution < 1.29 is 75.5 Å². The second-order valence-corrected chi connectivity index (χ2v) is 16.4. The zero-order valence-electron chi connectivity index (χ0n) is 33.1. The number of nitrogens with zero attached hydrogens (tertiary/aromatic N) is 4. The summed E-state index contributed by atoms with van der Waals surface area (Å²) in [5, 5.41) is 43.1. The molecule has 3 aliphatic rings. The summed E-state index contributed by atoms with van der Waals surface area (Å²) in [4.78, 5) is 65.1. The average molecular weight is 860 g/mol. The van der Waals surface area contributed by atoms with Gasteiger partial charge in [0.25, 0.3) is 0 Å². The number of imide groups is 1. The molecule has 0 atom stereocenters. The van der Waals surface area contributed by atoms with E-state index >= 15 is 26.3 Å². The Bertz CT molecular complexity index is 1990. The fourth-order valence-corrected chi connectivity index (χ4v) is 7.71. The minimum Gasteiger partial charge on any atom is -0.481 e. The predicted octanol–water partition coefficient (Wildman–Crippen LogP) is 5.65. The van der Waals surface area contributed by atoms with E-state index in [1.54, 1.807) is 20.8 Å². The lowest BCUT2D eigenvalue weighted by atomic mass is 9.87. The first-order valence-electron chi connectivity index (χ1n) is 19.1. The van der Waals surface area contributed by atoms with Crippen LogP contribution in [0.4, 0.5) is 59.6 Å². The molecule has 0 radical (unpaired) electrons. The summed E-state index contributed by atoms with van der Waals surface area (Å²) < 4.78 is 96.1. The molecule has 2 aromatic carbocycles. The molecule has 60 heavy (non-hydrogen) atoms. The average Bonchev–Trinajstić information content (AvgIpc) is 3.10. The molecule has 3 fully saturated rings. The van der Waals surface area contributed by atoms with Crippen LogP contribution in [-0.4, -0.2) is 106 Å². The summed E-state index contributed by atoms with van der Waals surface area (Å²) in [5.41, 5.74) is -9.03. The van der Waals surface area contributed by atoms with E-state index in [0.717, 1.165) is 21.9 Å². The van der Waals surface area contributed by atoms with Crippen LogP contribution < -0.4 is 24.9 Å². The van der Waals surface area contributed by atoms with Gasteiger partial charge in [0.15, 0.2) is 0 Å². The third-order valence-electron chi connectivity index (χ3n) is 10.6. The number of aliphatic hydroxyl groups is 2. The number of esters is 1. The van der Waals surface area contributed by atoms with Gasteiger partial charge in [0.2, 0.25) is 5.91 Å². The summed E-state index contributed by atoms with van der Waals surface area (Å²) in [6.45, 7) is 2.92. The Balaban J connectivity index is 1.64. The van der Waals surface area contributed by atoms with Crippen molar-refractivity contribution in [2.75, 3.05) is 58.9 Å². The van der Waals surface area contributed by atoms with Crippen LogP contribution in [0.15, 0.2) is 30.3 Å². The molecule has 0 spiro atoms. The van der Waals surface area contributed by atoms with Crippen molar-refractivity contribution in [2.24, 2.45) is 0 Å².